The Morgan fingerprint density at radius 2 is 2.00 bits per heavy atom. The van der Waals surface area contributed by atoms with Crippen LogP contribution in [-0.2, 0) is 6.54 Å². The number of nitro groups is 1. The van der Waals surface area contributed by atoms with E-state index in [0.29, 0.717) is 22.9 Å². The minimum absolute atomic E-state index is 0.0319. The predicted octanol–water partition coefficient (Wildman–Crippen LogP) is 4.79. The number of benzene rings is 2. The molecule has 1 N–H and O–H groups in total. The molecule has 32 heavy (non-hydrogen) atoms. The SMILES string of the molecule is C=C[C@H]1C[N+]2(Cc3ccccc3[N+](=O)[O-])CC[C@H]1C[C@@H]2[C@@H](O)c1ccnc2ccccc12. The Labute approximate surface area is 187 Å². The van der Waals surface area contributed by atoms with Crippen LogP contribution in [0.15, 0.2) is 73.4 Å². The highest BCUT2D eigenvalue weighted by Crippen LogP contribution is 2.48. The summed E-state index contributed by atoms with van der Waals surface area (Å²) in [6.45, 7) is 6.37. The van der Waals surface area contributed by atoms with E-state index in [1.807, 2.05) is 48.5 Å². The monoisotopic (exact) mass is 430 g/mol. The maximum absolute atomic E-state index is 11.7. The highest BCUT2D eigenvalue weighted by atomic mass is 16.6. The second kappa shape index (κ2) is 8.11. The highest BCUT2D eigenvalue weighted by Gasteiger charge is 2.54. The molecular weight excluding hydrogens is 402 g/mol. The van der Waals surface area contributed by atoms with Crippen LogP contribution in [0.1, 0.15) is 30.1 Å². The van der Waals surface area contributed by atoms with Gasteiger partial charge < -0.3 is 9.59 Å². The van der Waals surface area contributed by atoms with Crippen molar-refractivity contribution >= 4 is 16.6 Å². The van der Waals surface area contributed by atoms with Gasteiger partial charge in [-0.2, -0.15) is 0 Å². The number of quaternary nitrogens is 1. The van der Waals surface area contributed by atoms with Crippen LogP contribution in [0.3, 0.4) is 0 Å². The molecule has 2 bridgehead atoms. The smallest absolute Gasteiger partial charge is 0.278 e. The zero-order chi connectivity index (χ0) is 22.3. The van der Waals surface area contributed by atoms with E-state index in [0.717, 1.165) is 48.0 Å². The molecule has 0 aliphatic carbocycles. The molecule has 0 saturated carbocycles. The van der Waals surface area contributed by atoms with Gasteiger partial charge in [0.2, 0.25) is 0 Å². The average Bonchev–Trinajstić information content (AvgIpc) is 2.83. The summed E-state index contributed by atoms with van der Waals surface area (Å²) in [5, 5.41) is 24.4. The Bertz CT molecular complexity index is 1170. The fraction of sp³-hybridized carbons (Fsp3) is 0.346. The summed E-state index contributed by atoms with van der Waals surface area (Å²) in [5.74, 6) is 0.857. The number of hydrogen-bond donors (Lipinski definition) is 1. The van der Waals surface area contributed by atoms with Crippen LogP contribution in [0.5, 0.6) is 0 Å². The molecule has 2 aromatic carbocycles. The molecule has 4 heterocycles. The summed E-state index contributed by atoms with van der Waals surface area (Å²) in [5.41, 5.74) is 2.65. The van der Waals surface area contributed by atoms with Gasteiger partial charge in [-0.3, -0.25) is 15.1 Å². The second-order valence-corrected chi connectivity index (χ2v) is 9.28. The van der Waals surface area contributed by atoms with Gasteiger partial charge in [0.25, 0.3) is 5.69 Å². The molecule has 3 aliphatic heterocycles. The van der Waals surface area contributed by atoms with Crippen LogP contribution in [-0.4, -0.2) is 38.6 Å². The molecule has 5 atom stereocenters. The lowest BCUT2D eigenvalue weighted by atomic mass is 9.71. The number of aromatic nitrogens is 1. The third-order valence-electron chi connectivity index (χ3n) is 7.72. The van der Waals surface area contributed by atoms with Crippen molar-refractivity contribution in [3.8, 4) is 0 Å². The van der Waals surface area contributed by atoms with E-state index in [1.54, 1.807) is 18.3 Å². The van der Waals surface area contributed by atoms with Gasteiger partial charge in [-0.05, 0) is 29.7 Å². The zero-order valence-electron chi connectivity index (χ0n) is 18.0. The molecule has 6 heteroatoms. The van der Waals surface area contributed by atoms with E-state index in [9.17, 15) is 15.2 Å². The number of hydrogen-bond acceptors (Lipinski definition) is 4. The number of aliphatic hydroxyl groups excluding tert-OH is 1. The van der Waals surface area contributed by atoms with Gasteiger partial charge in [-0.1, -0.05) is 36.4 Å². The van der Waals surface area contributed by atoms with Crippen molar-refractivity contribution in [3.05, 3.63) is 94.7 Å². The predicted molar refractivity (Wildman–Crippen MR) is 124 cm³/mol. The first-order chi connectivity index (χ1) is 15.5. The van der Waals surface area contributed by atoms with E-state index in [-0.39, 0.29) is 16.7 Å². The minimum atomic E-state index is -0.667. The fourth-order valence-electron chi connectivity index (χ4n) is 6.13. The molecule has 3 aromatic rings. The number of pyridine rings is 1. The molecule has 6 nitrogen and oxygen atoms in total. The van der Waals surface area contributed by atoms with E-state index in [4.69, 9.17) is 0 Å². The Balaban J connectivity index is 1.58. The second-order valence-electron chi connectivity index (χ2n) is 9.28. The van der Waals surface area contributed by atoms with Crippen molar-refractivity contribution in [2.45, 2.75) is 31.5 Å². The lowest BCUT2D eigenvalue weighted by molar-refractivity contribution is -0.985. The van der Waals surface area contributed by atoms with Gasteiger partial charge in [0.05, 0.1) is 29.1 Å². The number of aliphatic hydroxyl groups is 1. The molecule has 3 fully saturated rings. The normalized spacial score (nSPS) is 27.8. The molecule has 0 radical (unpaired) electrons. The Morgan fingerprint density at radius 3 is 2.81 bits per heavy atom. The summed E-state index contributed by atoms with van der Waals surface area (Å²) < 4.78 is 0.649. The first-order valence-corrected chi connectivity index (χ1v) is 11.2. The summed E-state index contributed by atoms with van der Waals surface area (Å²) in [6.07, 6.45) is 5.07. The van der Waals surface area contributed by atoms with E-state index in [2.05, 4.69) is 11.6 Å². The summed E-state index contributed by atoms with van der Waals surface area (Å²) in [7, 11) is 0. The number of nitrogens with zero attached hydrogens (tertiary/aromatic N) is 3. The first kappa shape index (κ1) is 20.8. The van der Waals surface area contributed by atoms with Crippen LogP contribution in [0.2, 0.25) is 0 Å². The summed E-state index contributed by atoms with van der Waals surface area (Å²) >= 11 is 0. The average molecular weight is 431 g/mol. The third kappa shape index (κ3) is 3.40. The van der Waals surface area contributed by atoms with Gasteiger partial charge in [0.15, 0.2) is 0 Å². The number of rotatable bonds is 6. The molecule has 0 amide bonds. The van der Waals surface area contributed by atoms with Crippen LogP contribution < -0.4 is 0 Å². The summed E-state index contributed by atoms with van der Waals surface area (Å²) in [6, 6.07) is 16.8. The van der Waals surface area contributed by atoms with Gasteiger partial charge in [-0.15, -0.1) is 6.58 Å². The number of fused-ring (bicyclic) bond motifs is 4. The molecule has 6 rings (SSSR count). The van der Waals surface area contributed by atoms with Gasteiger partial charge in [-0.25, -0.2) is 0 Å². The quantitative estimate of drug-likeness (QED) is 0.264. The van der Waals surface area contributed by atoms with Gasteiger partial charge >= 0.3 is 0 Å². The molecular formula is C26H28N3O3+. The minimum Gasteiger partial charge on any atom is -0.382 e. The van der Waals surface area contributed by atoms with Crippen LogP contribution in [0, 0.1) is 22.0 Å². The van der Waals surface area contributed by atoms with Gasteiger partial charge in [0.1, 0.15) is 18.7 Å². The van der Waals surface area contributed by atoms with Crippen molar-refractivity contribution in [2.75, 3.05) is 13.1 Å². The van der Waals surface area contributed by atoms with Crippen molar-refractivity contribution in [1.29, 1.82) is 0 Å². The van der Waals surface area contributed by atoms with Crippen molar-refractivity contribution in [1.82, 2.24) is 4.98 Å². The maximum Gasteiger partial charge on any atom is 0.278 e. The number of para-hydroxylation sites is 2. The largest absolute Gasteiger partial charge is 0.382 e. The molecule has 3 saturated heterocycles. The lowest BCUT2D eigenvalue weighted by Gasteiger charge is -2.58. The summed E-state index contributed by atoms with van der Waals surface area (Å²) in [4.78, 5) is 15.9. The standard InChI is InChI=1S/C26H28N3O3/c1-2-18-16-29(17-20-7-3-6-10-24(20)28(31)32)14-12-19(18)15-25(29)26(30)22-11-13-27-23-9-5-4-8-21(22)23/h2-11,13,18-19,25-26,30H,1,12,14-17H2/q+1/t18-,19-,25+,26-,29?/m0/s1. The van der Waals surface area contributed by atoms with E-state index in [1.165, 1.54) is 0 Å². The molecule has 3 aliphatic rings. The first-order valence-electron chi connectivity index (χ1n) is 11.2. The Hall–Kier alpha value is -3.09. The number of nitro benzene ring substituents is 1. The van der Waals surface area contributed by atoms with Crippen LogP contribution in [0.4, 0.5) is 5.69 Å². The van der Waals surface area contributed by atoms with Crippen molar-refractivity contribution in [3.63, 3.8) is 0 Å². The van der Waals surface area contributed by atoms with Gasteiger partial charge in [0, 0.05) is 36.4 Å². The Kier molecular flexibility index (Phi) is 5.27. The molecule has 164 valence electrons. The van der Waals surface area contributed by atoms with Crippen molar-refractivity contribution in [2.24, 2.45) is 11.8 Å². The number of piperidine rings is 3. The zero-order valence-corrected chi connectivity index (χ0v) is 18.0. The van der Waals surface area contributed by atoms with E-state index < -0.39 is 6.10 Å². The van der Waals surface area contributed by atoms with Crippen molar-refractivity contribution < 1.29 is 14.5 Å². The third-order valence-corrected chi connectivity index (χ3v) is 7.72. The molecule has 0 spiro atoms. The highest BCUT2D eigenvalue weighted by molar-refractivity contribution is 5.82. The van der Waals surface area contributed by atoms with E-state index >= 15 is 0 Å². The Morgan fingerprint density at radius 1 is 1.22 bits per heavy atom. The van der Waals surface area contributed by atoms with Crippen LogP contribution >= 0.6 is 0 Å². The topological polar surface area (TPSA) is 76.3 Å². The maximum atomic E-state index is 11.7. The van der Waals surface area contributed by atoms with Crippen LogP contribution in [0.25, 0.3) is 10.9 Å². The lowest BCUT2D eigenvalue weighted by Crippen LogP contribution is -2.67. The molecule has 1 unspecified atom stereocenters. The molecule has 1 aromatic heterocycles. The fourth-order valence-corrected chi connectivity index (χ4v) is 6.13.